The van der Waals surface area contributed by atoms with Crippen LogP contribution in [0.15, 0.2) is 0 Å². The Morgan fingerprint density at radius 1 is 1.15 bits per heavy atom. The molecule has 1 atom stereocenters. The van der Waals surface area contributed by atoms with Gasteiger partial charge in [0.05, 0.1) is 0 Å². The highest BCUT2D eigenvalue weighted by Crippen LogP contribution is 2.38. The predicted octanol–water partition coefficient (Wildman–Crippen LogP) is 4.61. The first-order chi connectivity index (χ1) is 8.71. The molecule has 1 amide bonds. The minimum absolute atomic E-state index is 0.120. The fraction of sp³-hybridized carbons (Fsp3) is 0.933. The number of amides is 1. The van der Waals surface area contributed by atoms with Gasteiger partial charge in [-0.3, -0.25) is 4.90 Å². The van der Waals surface area contributed by atoms with Gasteiger partial charge in [0, 0.05) is 7.05 Å². The summed E-state index contributed by atoms with van der Waals surface area (Å²) in [5, 5.41) is 0.120. The number of carbonyl (C=O) groups is 1. The Morgan fingerprint density at radius 2 is 1.60 bits per heavy atom. The zero-order valence-corrected chi connectivity index (χ0v) is 16.0. The van der Waals surface area contributed by atoms with Crippen LogP contribution in [0.4, 0.5) is 4.79 Å². The molecule has 0 aliphatic heterocycles. The Labute approximate surface area is 126 Å². The molecular formula is C15H33NO3Si. The van der Waals surface area contributed by atoms with Crippen LogP contribution in [-0.2, 0) is 9.16 Å². The maximum atomic E-state index is 12.1. The van der Waals surface area contributed by atoms with Gasteiger partial charge in [-0.25, -0.2) is 4.79 Å². The van der Waals surface area contributed by atoms with Gasteiger partial charge in [0.25, 0.3) is 0 Å². The third kappa shape index (κ3) is 5.83. The lowest BCUT2D eigenvalue weighted by Gasteiger charge is -2.41. The van der Waals surface area contributed by atoms with Crippen molar-refractivity contribution in [2.45, 2.75) is 84.8 Å². The summed E-state index contributed by atoms with van der Waals surface area (Å²) in [7, 11) is -0.160. The van der Waals surface area contributed by atoms with E-state index in [4.69, 9.17) is 9.16 Å². The maximum Gasteiger partial charge on any atom is 0.412 e. The van der Waals surface area contributed by atoms with Crippen LogP contribution >= 0.6 is 0 Å². The molecule has 0 spiro atoms. The molecule has 0 radical (unpaired) electrons. The Morgan fingerprint density at radius 3 is 1.90 bits per heavy atom. The van der Waals surface area contributed by atoms with Gasteiger partial charge in [-0.2, -0.15) is 0 Å². The fourth-order valence-corrected chi connectivity index (χ4v) is 2.76. The Balaban J connectivity index is 4.89. The van der Waals surface area contributed by atoms with Gasteiger partial charge in [0.15, 0.2) is 8.32 Å². The third-order valence-electron chi connectivity index (χ3n) is 3.70. The molecule has 0 fully saturated rings. The lowest BCUT2D eigenvalue weighted by Crippen LogP contribution is -2.50. The van der Waals surface area contributed by atoms with Gasteiger partial charge < -0.3 is 9.16 Å². The smallest absolute Gasteiger partial charge is 0.412 e. The van der Waals surface area contributed by atoms with Crippen LogP contribution < -0.4 is 0 Å². The van der Waals surface area contributed by atoms with Gasteiger partial charge in [0.1, 0.15) is 11.8 Å². The topological polar surface area (TPSA) is 38.8 Å². The molecule has 0 aromatic heterocycles. The fourth-order valence-electron chi connectivity index (χ4n) is 1.40. The molecule has 0 bridgehead atoms. The van der Waals surface area contributed by atoms with Gasteiger partial charge in [-0.15, -0.1) is 0 Å². The molecule has 4 nitrogen and oxygen atoms in total. The molecule has 0 N–H and O–H groups in total. The van der Waals surface area contributed by atoms with E-state index in [1.807, 2.05) is 27.7 Å². The molecule has 0 saturated carbocycles. The number of hydrogen-bond donors (Lipinski definition) is 0. The third-order valence-corrected chi connectivity index (χ3v) is 8.17. The van der Waals surface area contributed by atoms with E-state index in [1.54, 1.807) is 11.9 Å². The van der Waals surface area contributed by atoms with Crippen LogP contribution in [-0.4, -0.2) is 38.2 Å². The SMILES string of the molecule is CCC(O[Si](C)(C)C(C)(C)C)N(C)C(=O)OC(C)(C)C. The minimum Gasteiger partial charge on any atom is -0.444 e. The van der Waals surface area contributed by atoms with Crippen LogP contribution in [0.5, 0.6) is 0 Å². The Bertz CT molecular complexity index is 329. The summed E-state index contributed by atoms with van der Waals surface area (Å²) in [6, 6.07) is 0. The molecule has 5 heteroatoms. The summed E-state index contributed by atoms with van der Waals surface area (Å²) >= 11 is 0. The van der Waals surface area contributed by atoms with Crippen molar-refractivity contribution in [1.82, 2.24) is 4.90 Å². The average Bonchev–Trinajstić information content (AvgIpc) is 2.20. The second kappa shape index (κ2) is 6.48. The maximum absolute atomic E-state index is 12.1. The standard InChI is InChI=1S/C15H33NO3Si/c1-11-12(19-20(9,10)15(5,6)7)16(8)13(17)18-14(2,3)4/h12H,11H2,1-10H3. The van der Waals surface area contributed by atoms with E-state index < -0.39 is 13.9 Å². The molecular weight excluding hydrogens is 270 g/mol. The lowest BCUT2D eigenvalue weighted by molar-refractivity contribution is -0.0159. The summed E-state index contributed by atoms with van der Waals surface area (Å²) in [5.41, 5.74) is -0.486. The summed E-state index contributed by atoms with van der Waals surface area (Å²) in [4.78, 5) is 13.7. The van der Waals surface area contributed by atoms with Crippen molar-refractivity contribution in [2.24, 2.45) is 0 Å². The van der Waals surface area contributed by atoms with Crippen LogP contribution in [0, 0.1) is 0 Å². The molecule has 20 heavy (non-hydrogen) atoms. The summed E-state index contributed by atoms with van der Waals surface area (Å²) in [6.45, 7) is 18.6. The average molecular weight is 304 g/mol. The van der Waals surface area contributed by atoms with E-state index in [0.29, 0.717) is 0 Å². The van der Waals surface area contributed by atoms with E-state index in [0.717, 1.165) is 6.42 Å². The highest BCUT2D eigenvalue weighted by atomic mass is 28.4. The van der Waals surface area contributed by atoms with Crippen molar-refractivity contribution in [2.75, 3.05) is 7.05 Å². The van der Waals surface area contributed by atoms with E-state index in [-0.39, 0.29) is 17.4 Å². The molecule has 1 unspecified atom stereocenters. The second-order valence-electron chi connectivity index (χ2n) is 7.83. The summed E-state index contributed by atoms with van der Waals surface area (Å²) in [6.07, 6.45) is 0.191. The number of nitrogens with zero attached hydrogens (tertiary/aromatic N) is 1. The Hall–Kier alpha value is -0.553. The van der Waals surface area contributed by atoms with Crippen molar-refractivity contribution >= 4 is 14.4 Å². The largest absolute Gasteiger partial charge is 0.444 e. The van der Waals surface area contributed by atoms with Crippen LogP contribution in [0.2, 0.25) is 18.1 Å². The quantitative estimate of drug-likeness (QED) is 0.562. The zero-order chi connectivity index (χ0) is 16.4. The first-order valence-corrected chi connectivity index (χ1v) is 10.3. The van der Waals surface area contributed by atoms with Gasteiger partial charge in [0.2, 0.25) is 0 Å². The van der Waals surface area contributed by atoms with Crippen molar-refractivity contribution in [3.63, 3.8) is 0 Å². The molecule has 120 valence electrons. The molecule has 0 saturated heterocycles. The van der Waals surface area contributed by atoms with Crippen molar-refractivity contribution in [3.8, 4) is 0 Å². The highest BCUT2D eigenvalue weighted by Gasteiger charge is 2.40. The van der Waals surface area contributed by atoms with Crippen molar-refractivity contribution in [1.29, 1.82) is 0 Å². The number of hydrogen-bond acceptors (Lipinski definition) is 3. The van der Waals surface area contributed by atoms with Crippen LogP contribution in [0.25, 0.3) is 0 Å². The van der Waals surface area contributed by atoms with Crippen LogP contribution in [0.1, 0.15) is 54.9 Å². The van der Waals surface area contributed by atoms with Crippen LogP contribution in [0.3, 0.4) is 0 Å². The molecule has 0 aromatic carbocycles. The molecule has 0 heterocycles. The molecule has 0 aromatic rings. The zero-order valence-electron chi connectivity index (χ0n) is 15.0. The summed E-state index contributed by atoms with van der Waals surface area (Å²) < 4.78 is 11.7. The predicted molar refractivity (Wildman–Crippen MR) is 86.4 cm³/mol. The minimum atomic E-state index is -1.91. The van der Waals surface area contributed by atoms with Crippen molar-refractivity contribution in [3.05, 3.63) is 0 Å². The summed E-state index contributed by atoms with van der Waals surface area (Å²) in [5.74, 6) is 0. The second-order valence-corrected chi connectivity index (χ2v) is 12.6. The molecule has 0 rings (SSSR count). The Kier molecular flexibility index (Phi) is 6.30. The van der Waals surface area contributed by atoms with E-state index >= 15 is 0 Å². The van der Waals surface area contributed by atoms with E-state index in [9.17, 15) is 4.79 Å². The van der Waals surface area contributed by atoms with Gasteiger partial charge in [-0.05, 0) is 45.3 Å². The molecule has 0 aliphatic carbocycles. The molecule has 0 aliphatic rings. The van der Waals surface area contributed by atoms with E-state index in [1.165, 1.54) is 0 Å². The van der Waals surface area contributed by atoms with E-state index in [2.05, 4.69) is 33.9 Å². The number of carbonyl (C=O) groups excluding carboxylic acids is 1. The van der Waals surface area contributed by atoms with Gasteiger partial charge in [-0.1, -0.05) is 27.7 Å². The van der Waals surface area contributed by atoms with Crippen molar-refractivity contribution < 1.29 is 14.0 Å². The normalized spacial score (nSPS) is 14.9. The number of ether oxygens (including phenoxy) is 1. The highest BCUT2D eigenvalue weighted by molar-refractivity contribution is 6.74. The first-order valence-electron chi connectivity index (χ1n) is 7.35. The monoisotopic (exact) mass is 303 g/mol. The van der Waals surface area contributed by atoms with Gasteiger partial charge >= 0.3 is 6.09 Å². The first kappa shape index (κ1) is 19.4. The lowest BCUT2D eigenvalue weighted by atomic mass is 10.2. The number of rotatable bonds is 4.